The molecule has 0 atom stereocenters. The van der Waals surface area contributed by atoms with Crippen molar-refractivity contribution in [2.24, 2.45) is 34.6 Å². The van der Waals surface area contributed by atoms with Crippen LogP contribution in [0, 0.1) is 0 Å². The summed E-state index contributed by atoms with van der Waals surface area (Å²) in [5, 5.41) is 26.9. The van der Waals surface area contributed by atoms with Gasteiger partial charge in [-0.05, 0) is 55.0 Å². The number of azo groups is 2. The van der Waals surface area contributed by atoms with Crippen LogP contribution in [0.4, 0.5) is 28.7 Å². The van der Waals surface area contributed by atoms with E-state index in [1.165, 1.54) is 6.38 Å². The fourth-order valence-electron chi connectivity index (χ4n) is 3.16. The summed E-state index contributed by atoms with van der Waals surface area (Å²) >= 11 is 4.64. The van der Waals surface area contributed by atoms with E-state index in [0.717, 1.165) is 48.2 Å². The minimum Gasteiger partial charge on any atom is -0.385 e. The number of guanidine groups is 1. The molecule has 0 aliphatic rings. The lowest BCUT2D eigenvalue weighted by Gasteiger charge is -2.08. The van der Waals surface area contributed by atoms with Gasteiger partial charge in [0, 0.05) is 41.1 Å². The van der Waals surface area contributed by atoms with Crippen molar-refractivity contribution >= 4 is 46.3 Å². The van der Waals surface area contributed by atoms with Crippen LogP contribution in [0.25, 0.3) is 0 Å². The second-order valence-electron chi connectivity index (χ2n) is 7.89. The summed E-state index contributed by atoms with van der Waals surface area (Å²) in [4.78, 5) is 0. The predicted octanol–water partition coefficient (Wildman–Crippen LogP) is 6.51. The monoisotopic (exact) mass is 554 g/mol. The number of aromatic nitrogens is 2. The van der Waals surface area contributed by atoms with E-state index in [1.54, 1.807) is 17.8 Å². The molecule has 210 valence electrons. The molecule has 39 heavy (non-hydrogen) atoms. The van der Waals surface area contributed by atoms with Crippen LogP contribution >= 0.6 is 11.6 Å². The van der Waals surface area contributed by atoms with Gasteiger partial charge in [-0.1, -0.05) is 30.7 Å². The first-order valence-electron chi connectivity index (χ1n) is 12.8. The molecule has 0 radical (unpaired) electrons. The number of anilines is 2. The molecule has 1 heterocycles. The maximum Gasteiger partial charge on any atom is 0.421 e. The molecule has 0 spiro atoms. The summed E-state index contributed by atoms with van der Waals surface area (Å²) < 4.78 is 5.62. The second kappa shape index (κ2) is 19.1. The quantitative estimate of drug-likeness (QED) is 0.0665. The Hall–Kier alpha value is -4.05. The average molecular weight is 555 g/mol. The van der Waals surface area contributed by atoms with E-state index in [0.29, 0.717) is 5.96 Å². The van der Waals surface area contributed by atoms with Crippen LogP contribution in [0.1, 0.15) is 20.3 Å². The summed E-state index contributed by atoms with van der Waals surface area (Å²) in [7, 11) is 7.54. The highest BCUT2D eigenvalue weighted by Gasteiger charge is 2.10. The smallest absolute Gasteiger partial charge is 0.385 e. The van der Waals surface area contributed by atoms with Crippen LogP contribution in [-0.4, -0.2) is 48.7 Å². The van der Waals surface area contributed by atoms with Gasteiger partial charge >= 0.3 is 11.9 Å². The lowest BCUT2D eigenvalue weighted by molar-refractivity contribution is -0.657. The molecule has 0 amide bonds. The van der Waals surface area contributed by atoms with Crippen LogP contribution in [0.15, 0.2) is 94.2 Å². The van der Waals surface area contributed by atoms with Crippen molar-refractivity contribution in [1.29, 1.82) is 0 Å². The van der Waals surface area contributed by atoms with Gasteiger partial charge in [0.1, 0.15) is 11.4 Å². The first-order valence-corrected chi connectivity index (χ1v) is 13.6. The molecule has 0 aliphatic carbocycles. The molecule has 0 bridgehead atoms. The molecule has 11 heteroatoms. The van der Waals surface area contributed by atoms with Gasteiger partial charge in [0.15, 0.2) is 0 Å². The van der Waals surface area contributed by atoms with Crippen molar-refractivity contribution in [3.63, 3.8) is 0 Å². The summed E-state index contributed by atoms with van der Waals surface area (Å²) in [6.07, 6.45) is 8.01. The molecule has 0 saturated carbocycles. The Morgan fingerprint density at radius 2 is 1.46 bits per heavy atom. The fourth-order valence-corrected chi connectivity index (χ4v) is 3.16. The second-order valence-corrected chi connectivity index (χ2v) is 7.89. The molecule has 0 fully saturated rings. The third-order valence-corrected chi connectivity index (χ3v) is 5.24. The fraction of sp³-hybridized carbons (Fsp3) is 0.357. The Labute approximate surface area is 237 Å². The molecule has 3 N–H and O–H groups in total. The van der Waals surface area contributed by atoms with Gasteiger partial charge in [-0.15, -0.1) is 11.6 Å². The van der Waals surface area contributed by atoms with Crippen LogP contribution in [0.2, 0.25) is 0 Å². The van der Waals surface area contributed by atoms with Crippen molar-refractivity contribution in [2.75, 3.05) is 44.2 Å². The minimum absolute atomic E-state index is 0.620. The van der Waals surface area contributed by atoms with E-state index in [1.807, 2.05) is 105 Å². The number of aryl methyl sites for hydroxylation is 2. The molecule has 0 unspecified atom stereocenters. The number of hydrogen-bond donors (Lipinski definition) is 3. The molecule has 1 aromatic heterocycles. The van der Waals surface area contributed by atoms with Gasteiger partial charge in [-0.2, -0.15) is 0 Å². The predicted molar refractivity (Wildman–Crippen MR) is 163 cm³/mol. The molecule has 0 saturated heterocycles. The van der Waals surface area contributed by atoms with Gasteiger partial charge in [0.05, 0.1) is 46.8 Å². The zero-order valence-corrected chi connectivity index (χ0v) is 24.9. The van der Waals surface area contributed by atoms with E-state index < -0.39 is 0 Å². The Kier molecular flexibility index (Phi) is 16.1. The Morgan fingerprint density at radius 1 is 0.949 bits per heavy atom. The van der Waals surface area contributed by atoms with E-state index >= 15 is 0 Å². The summed E-state index contributed by atoms with van der Waals surface area (Å²) in [6, 6.07) is 15.8. The van der Waals surface area contributed by atoms with Gasteiger partial charge in [0.25, 0.3) is 0 Å². The van der Waals surface area contributed by atoms with Crippen molar-refractivity contribution in [3.05, 3.63) is 73.7 Å². The standard InChI is InChI=1S/C25H32N10.C2H6.CH3Cl/c1-6-33(3)24(26-2)31-29-22-12-8-20(9-13-22)27-16-7-17-28-21-10-14-23(15-11-21)30-32-25-34(4)18-19-35(25)5;2*1-2/h6,8-15,18-19H,1,7,16-17H2,2-5H3,(H,26,27,31);1-2H3;1H3/p+2. The molecule has 2 aromatic carbocycles. The number of benzene rings is 2. The van der Waals surface area contributed by atoms with E-state index in [9.17, 15) is 0 Å². The normalized spacial score (nSPS) is 11.2. The molecule has 10 nitrogen and oxygen atoms in total. The first kappa shape index (κ1) is 33.0. The molecule has 0 aliphatic heterocycles. The van der Waals surface area contributed by atoms with Gasteiger partial charge in [0.2, 0.25) is 0 Å². The summed E-state index contributed by atoms with van der Waals surface area (Å²) in [5.74, 6) is 1.41. The maximum absolute atomic E-state index is 4.64. The Morgan fingerprint density at radius 3 is 1.90 bits per heavy atom. The average Bonchev–Trinajstić information content (AvgIpc) is 3.31. The number of alkyl halides is 1. The number of imidazole rings is 1. The largest absolute Gasteiger partial charge is 0.421 e. The van der Waals surface area contributed by atoms with Gasteiger partial charge in [-0.3, -0.25) is 5.32 Å². The lowest BCUT2D eigenvalue weighted by Crippen LogP contribution is -2.25. The van der Waals surface area contributed by atoms with Crippen molar-refractivity contribution in [1.82, 2.24) is 9.88 Å². The SMILES string of the molecule is C=C[N+](C)=C(N=Nc1ccc(NCCCNc2ccc(N=Nc3n(C)cc[n+]3C)cc2)cc1)NC.CC.CCl. The zero-order chi connectivity index (χ0) is 29.0. The zero-order valence-electron chi connectivity index (χ0n) is 24.2. The first-order chi connectivity index (χ1) is 19.0. The molecule has 3 rings (SSSR count). The van der Waals surface area contributed by atoms with Gasteiger partial charge < -0.3 is 10.6 Å². The van der Waals surface area contributed by atoms with Gasteiger partial charge in [-0.25, -0.2) is 13.7 Å². The van der Waals surface area contributed by atoms with Crippen molar-refractivity contribution in [2.45, 2.75) is 20.3 Å². The van der Waals surface area contributed by atoms with Crippen molar-refractivity contribution < 1.29 is 9.14 Å². The third-order valence-electron chi connectivity index (χ3n) is 5.24. The Bertz CT molecular complexity index is 1180. The number of hydrogen-bond acceptors (Lipinski definition) is 5. The summed E-state index contributed by atoms with van der Waals surface area (Å²) in [5.41, 5.74) is 3.70. The van der Waals surface area contributed by atoms with E-state index in [-0.39, 0.29) is 0 Å². The third kappa shape index (κ3) is 11.5. The number of nitrogens with zero attached hydrogens (tertiary/aromatic N) is 7. The molecule has 3 aromatic rings. The lowest BCUT2D eigenvalue weighted by atomic mass is 10.2. The van der Waals surface area contributed by atoms with Crippen molar-refractivity contribution in [3.8, 4) is 0 Å². The van der Waals surface area contributed by atoms with Crippen LogP contribution in [-0.2, 0) is 14.1 Å². The number of rotatable bonds is 10. The maximum atomic E-state index is 4.64. The molecular formula is C28H43ClN10+2. The molecular weight excluding hydrogens is 512 g/mol. The number of halogens is 1. The van der Waals surface area contributed by atoms with Crippen LogP contribution in [0.5, 0.6) is 0 Å². The van der Waals surface area contributed by atoms with E-state index in [2.05, 4.69) is 54.6 Å². The van der Waals surface area contributed by atoms with Crippen LogP contribution in [0.3, 0.4) is 0 Å². The summed E-state index contributed by atoms with van der Waals surface area (Å²) in [6.45, 7) is 9.44. The highest BCUT2D eigenvalue weighted by atomic mass is 35.5. The number of nitrogens with one attached hydrogen (secondary N) is 3. The highest BCUT2D eigenvalue weighted by Crippen LogP contribution is 2.19. The topological polar surface area (TPSA) is 97.3 Å². The minimum atomic E-state index is 0.620. The highest BCUT2D eigenvalue weighted by molar-refractivity contribution is 6.15. The van der Waals surface area contributed by atoms with E-state index in [4.69, 9.17) is 0 Å². The van der Waals surface area contributed by atoms with Crippen LogP contribution < -0.4 is 20.5 Å². The Balaban J connectivity index is 0.00000181.